The Morgan fingerprint density at radius 3 is 2.53 bits per heavy atom. The van der Waals surface area contributed by atoms with Gasteiger partial charge in [0.25, 0.3) is 0 Å². The van der Waals surface area contributed by atoms with Crippen LogP contribution in [0.4, 0.5) is 14.5 Å². The second-order valence-corrected chi connectivity index (χ2v) is 3.98. The fraction of sp³-hybridized carbons (Fsp3) is 0. The number of fused-ring (bicyclic) bond motifs is 1. The van der Waals surface area contributed by atoms with Crippen LogP contribution in [-0.4, -0.2) is 5.11 Å². The van der Waals surface area contributed by atoms with E-state index in [2.05, 4.69) is 15.9 Å². The molecule has 2 aromatic rings. The van der Waals surface area contributed by atoms with Gasteiger partial charge in [-0.2, -0.15) is 4.39 Å². The first-order chi connectivity index (χ1) is 7.00. The van der Waals surface area contributed by atoms with Gasteiger partial charge in [0.05, 0.1) is 0 Å². The lowest BCUT2D eigenvalue weighted by Gasteiger charge is -2.06. The van der Waals surface area contributed by atoms with E-state index in [-0.39, 0.29) is 5.39 Å². The summed E-state index contributed by atoms with van der Waals surface area (Å²) in [6.45, 7) is 0. The number of hydrogen-bond acceptors (Lipinski definition) is 2. The van der Waals surface area contributed by atoms with E-state index in [4.69, 9.17) is 5.73 Å². The zero-order chi connectivity index (χ0) is 11.2. The van der Waals surface area contributed by atoms with Crippen molar-refractivity contribution in [3.63, 3.8) is 0 Å². The van der Waals surface area contributed by atoms with Crippen molar-refractivity contribution in [2.45, 2.75) is 0 Å². The molecule has 78 valence electrons. The van der Waals surface area contributed by atoms with Gasteiger partial charge in [0, 0.05) is 15.5 Å². The van der Waals surface area contributed by atoms with E-state index >= 15 is 0 Å². The van der Waals surface area contributed by atoms with Crippen LogP contribution in [0.25, 0.3) is 10.8 Å². The number of nitrogen functional groups attached to an aromatic ring is 1. The van der Waals surface area contributed by atoms with Crippen molar-refractivity contribution in [2.24, 2.45) is 0 Å². The number of aromatic hydroxyl groups is 1. The Balaban J connectivity index is 2.99. The Morgan fingerprint density at radius 2 is 1.87 bits per heavy atom. The molecule has 0 aliphatic rings. The minimum Gasteiger partial charge on any atom is -0.504 e. The van der Waals surface area contributed by atoms with Crippen LogP contribution in [0, 0.1) is 11.6 Å². The smallest absolute Gasteiger partial charge is 0.201 e. The number of phenols is 1. The van der Waals surface area contributed by atoms with Gasteiger partial charge in [-0.05, 0) is 39.5 Å². The molecule has 0 spiro atoms. The van der Waals surface area contributed by atoms with Crippen LogP contribution in [0.5, 0.6) is 5.75 Å². The zero-order valence-corrected chi connectivity index (χ0v) is 8.98. The number of nitrogens with two attached hydrogens (primary N) is 1. The molecule has 0 saturated heterocycles. The minimum absolute atomic E-state index is 0.211. The number of rotatable bonds is 0. The quantitative estimate of drug-likeness (QED) is 0.725. The van der Waals surface area contributed by atoms with E-state index in [1.807, 2.05) is 0 Å². The Bertz CT molecular complexity index is 557. The molecular weight excluding hydrogens is 268 g/mol. The number of benzene rings is 2. The van der Waals surface area contributed by atoms with Gasteiger partial charge >= 0.3 is 0 Å². The number of anilines is 1. The molecule has 0 radical (unpaired) electrons. The molecule has 0 bridgehead atoms. The third-order valence-electron chi connectivity index (χ3n) is 2.08. The molecule has 5 heteroatoms. The molecule has 2 nitrogen and oxygen atoms in total. The largest absolute Gasteiger partial charge is 0.504 e. The van der Waals surface area contributed by atoms with E-state index in [1.54, 1.807) is 0 Å². The average molecular weight is 274 g/mol. The van der Waals surface area contributed by atoms with E-state index in [0.29, 0.717) is 15.5 Å². The lowest BCUT2D eigenvalue weighted by molar-refractivity contribution is 0.413. The van der Waals surface area contributed by atoms with Crippen LogP contribution >= 0.6 is 15.9 Å². The predicted molar refractivity (Wildman–Crippen MR) is 57.6 cm³/mol. The highest BCUT2D eigenvalue weighted by atomic mass is 79.9. The van der Waals surface area contributed by atoms with E-state index in [1.165, 1.54) is 12.1 Å². The highest BCUT2D eigenvalue weighted by Crippen LogP contribution is 2.36. The number of phenolic OH excluding ortho intramolecular Hbond substituents is 1. The Labute approximate surface area is 92.4 Å². The molecule has 0 amide bonds. The number of halogens is 3. The van der Waals surface area contributed by atoms with E-state index in [9.17, 15) is 13.9 Å². The molecule has 0 fully saturated rings. The maximum Gasteiger partial charge on any atom is 0.201 e. The van der Waals surface area contributed by atoms with Gasteiger partial charge in [-0.15, -0.1) is 0 Å². The van der Waals surface area contributed by atoms with Crippen LogP contribution in [-0.2, 0) is 0 Å². The summed E-state index contributed by atoms with van der Waals surface area (Å²) in [5, 5.41) is 9.98. The predicted octanol–water partition coefficient (Wildman–Crippen LogP) is 3.17. The first-order valence-corrected chi connectivity index (χ1v) is 4.85. The van der Waals surface area contributed by atoms with Crippen LogP contribution in [0.3, 0.4) is 0 Å². The van der Waals surface area contributed by atoms with Crippen LogP contribution in [0.15, 0.2) is 22.7 Å². The zero-order valence-electron chi connectivity index (χ0n) is 7.39. The average Bonchev–Trinajstić information content (AvgIpc) is 2.13. The molecule has 0 aliphatic heterocycles. The van der Waals surface area contributed by atoms with Crippen LogP contribution < -0.4 is 5.73 Å². The summed E-state index contributed by atoms with van der Waals surface area (Å²) < 4.78 is 26.5. The molecule has 0 heterocycles. The van der Waals surface area contributed by atoms with Crippen LogP contribution in [0.2, 0.25) is 0 Å². The Hall–Kier alpha value is -1.36. The molecule has 3 N–H and O–H groups in total. The third-order valence-corrected chi connectivity index (χ3v) is 2.71. The van der Waals surface area contributed by atoms with Gasteiger partial charge in [-0.25, -0.2) is 4.39 Å². The first kappa shape index (κ1) is 10.2. The summed E-state index contributed by atoms with van der Waals surface area (Å²) in [6, 6.07) is 3.97. The van der Waals surface area contributed by atoms with Crippen molar-refractivity contribution < 1.29 is 13.9 Å². The van der Waals surface area contributed by atoms with Gasteiger partial charge < -0.3 is 10.8 Å². The maximum absolute atomic E-state index is 13.1. The standard InChI is InChI=1S/C10H6BrF2NO/c11-6-3-5(14)1-4-2-7(12)9(13)10(15)8(4)6/h1-3,15H,14H2. The normalized spacial score (nSPS) is 10.9. The lowest BCUT2D eigenvalue weighted by Crippen LogP contribution is -1.90. The molecule has 0 saturated carbocycles. The van der Waals surface area contributed by atoms with Gasteiger partial charge in [0.15, 0.2) is 11.6 Å². The van der Waals surface area contributed by atoms with Crippen molar-refractivity contribution in [3.8, 4) is 5.75 Å². The molecule has 15 heavy (non-hydrogen) atoms. The summed E-state index contributed by atoms with van der Waals surface area (Å²) in [4.78, 5) is 0. The maximum atomic E-state index is 13.1. The monoisotopic (exact) mass is 273 g/mol. The van der Waals surface area contributed by atoms with Gasteiger partial charge in [0.1, 0.15) is 0 Å². The van der Waals surface area contributed by atoms with Crippen LogP contribution in [0.1, 0.15) is 0 Å². The SMILES string of the molecule is Nc1cc(Br)c2c(O)c(F)c(F)cc2c1. The van der Waals surface area contributed by atoms with Gasteiger partial charge in [0.2, 0.25) is 5.82 Å². The van der Waals surface area contributed by atoms with Crippen molar-refractivity contribution in [1.82, 2.24) is 0 Å². The highest BCUT2D eigenvalue weighted by molar-refractivity contribution is 9.10. The summed E-state index contributed by atoms with van der Waals surface area (Å²) in [5.41, 5.74) is 5.94. The van der Waals surface area contributed by atoms with Crippen molar-refractivity contribution in [2.75, 3.05) is 5.73 Å². The third kappa shape index (κ3) is 1.52. The van der Waals surface area contributed by atoms with E-state index in [0.717, 1.165) is 6.07 Å². The Kier molecular flexibility index (Phi) is 2.26. The van der Waals surface area contributed by atoms with Crippen molar-refractivity contribution >= 4 is 32.4 Å². The highest BCUT2D eigenvalue weighted by Gasteiger charge is 2.15. The molecule has 2 rings (SSSR count). The minimum atomic E-state index is -1.26. The Morgan fingerprint density at radius 1 is 1.20 bits per heavy atom. The second kappa shape index (κ2) is 3.34. The van der Waals surface area contributed by atoms with Gasteiger partial charge in [-0.1, -0.05) is 0 Å². The van der Waals surface area contributed by atoms with Crippen molar-refractivity contribution in [1.29, 1.82) is 0 Å². The first-order valence-electron chi connectivity index (χ1n) is 4.06. The fourth-order valence-corrected chi connectivity index (χ4v) is 2.12. The summed E-state index contributed by atoms with van der Waals surface area (Å²) in [6.07, 6.45) is 0. The molecule has 0 aromatic heterocycles. The summed E-state index contributed by atoms with van der Waals surface area (Å²) >= 11 is 3.13. The fourth-order valence-electron chi connectivity index (χ4n) is 1.44. The molecule has 0 atom stereocenters. The van der Waals surface area contributed by atoms with Crippen molar-refractivity contribution in [3.05, 3.63) is 34.3 Å². The summed E-state index contributed by atoms with van der Waals surface area (Å²) in [7, 11) is 0. The summed E-state index contributed by atoms with van der Waals surface area (Å²) in [5.74, 6) is -3.07. The lowest BCUT2D eigenvalue weighted by atomic mass is 10.1. The van der Waals surface area contributed by atoms with E-state index < -0.39 is 17.4 Å². The molecular formula is C10H6BrF2NO. The molecule has 0 aliphatic carbocycles. The topological polar surface area (TPSA) is 46.2 Å². The molecule has 2 aromatic carbocycles. The van der Waals surface area contributed by atoms with Gasteiger partial charge in [-0.3, -0.25) is 0 Å². The molecule has 0 unspecified atom stereocenters. The number of hydrogen-bond donors (Lipinski definition) is 2. The second-order valence-electron chi connectivity index (χ2n) is 3.12.